The fraction of sp³-hybridized carbons (Fsp3) is 1.00. The molecule has 1 fully saturated rings. The summed E-state index contributed by atoms with van der Waals surface area (Å²) >= 11 is 0. The fourth-order valence-electron chi connectivity index (χ4n) is 3.39. The van der Waals surface area contributed by atoms with Gasteiger partial charge in [-0.15, -0.1) is 0 Å². The number of rotatable bonds is 23. The molecule has 0 unspecified atom stereocenters. The number of ether oxygens (including phenoxy) is 8. The number of nitrogens with one attached hydrogen (secondary N) is 1. The van der Waals surface area contributed by atoms with E-state index < -0.39 is 0 Å². The number of hydrogen-bond donors (Lipinski definition) is 1. The van der Waals surface area contributed by atoms with Crippen molar-refractivity contribution in [2.75, 3.05) is 113 Å². The minimum absolute atomic E-state index is 0.00176. The second-order valence-corrected chi connectivity index (χ2v) is 7.98. The van der Waals surface area contributed by atoms with Crippen LogP contribution in [0.3, 0.4) is 0 Å². The Morgan fingerprint density at radius 3 is 1.25 bits per heavy atom. The van der Waals surface area contributed by atoms with Crippen LogP contribution < -0.4 is 5.32 Å². The summed E-state index contributed by atoms with van der Waals surface area (Å²) in [7, 11) is 1.65. The molecular weight excluding hydrogens is 418 g/mol. The van der Waals surface area contributed by atoms with Crippen LogP contribution in [0.2, 0.25) is 0 Å². The maximum atomic E-state index is 6.21. The third kappa shape index (κ3) is 15.5. The lowest BCUT2D eigenvalue weighted by Crippen LogP contribution is -2.48. The highest BCUT2D eigenvalue weighted by molar-refractivity contribution is 4.89. The van der Waals surface area contributed by atoms with Gasteiger partial charge in [0, 0.05) is 7.11 Å². The van der Waals surface area contributed by atoms with Crippen molar-refractivity contribution in [2.24, 2.45) is 5.92 Å². The molecule has 1 aliphatic heterocycles. The Labute approximate surface area is 194 Å². The van der Waals surface area contributed by atoms with Gasteiger partial charge in [-0.05, 0) is 31.8 Å². The van der Waals surface area contributed by atoms with Gasteiger partial charge in [-0.3, -0.25) is 0 Å². The predicted molar refractivity (Wildman–Crippen MR) is 122 cm³/mol. The Balaban J connectivity index is 1.75. The summed E-state index contributed by atoms with van der Waals surface area (Å²) in [6.07, 6.45) is 2.13. The average Bonchev–Trinajstić information content (AvgIpc) is 2.80. The molecule has 1 saturated heterocycles. The van der Waals surface area contributed by atoms with Gasteiger partial charge in [0.05, 0.1) is 98.1 Å². The molecule has 0 spiro atoms. The van der Waals surface area contributed by atoms with Crippen molar-refractivity contribution >= 4 is 0 Å². The summed E-state index contributed by atoms with van der Waals surface area (Å²) in [4.78, 5) is 0. The average molecular weight is 466 g/mol. The first kappa shape index (κ1) is 29.7. The number of methoxy groups -OCH3 is 1. The van der Waals surface area contributed by atoms with Crippen LogP contribution in [0.15, 0.2) is 0 Å². The van der Waals surface area contributed by atoms with Crippen LogP contribution in [-0.4, -0.2) is 118 Å². The molecule has 1 heterocycles. The molecule has 0 bridgehead atoms. The van der Waals surface area contributed by atoms with Crippen LogP contribution in [0.25, 0.3) is 0 Å². The van der Waals surface area contributed by atoms with Gasteiger partial charge in [-0.25, -0.2) is 0 Å². The van der Waals surface area contributed by atoms with E-state index in [2.05, 4.69) is 19.2 Å². The van der Waals surface area contributed by atoms with Gasteiger partial charge in [0.2, 0.25) is 0 Å². The third-order valence-corrected chi connectivity index (χ3v) is 5.41. The molecule has 0 aromatic heterocycles. The summed E-state index contributed by atoms with van der Waals surface area (Å²) in [6, 6.07) is 0. The third-order valence-electron chi connectivity index (χ3n) is 5.41. The molecule has 0 aromatic rings. The largest absolute Gasteiger partial charge is 0.382 e. The van der Waals surface area contributed by atoms with E-state index in [0.717, 1.165) is 25.9 Å². The lowest BCUT2D eigenvalue weighted by Gasteiger charge is -2.41. The van der Waals surface area contributed by atoms with E-state index in [-0.39, 0.29) is 5.60 Å². The lowest BCUT2D eigenvalue weighted by molar-refractivity contribution is -0.113. The smallest absolute Gasteiger partial charge is 0.0730 e. The van der Waals surface area contributed by atoms with Crippen molar-refractivity contribution in [2.45, 2.75) is 32.3 Å². The SMILES string of the molecule is COCCOCCOCCOCCOCCOCCOCCOC1(C(C)C)CCNCC1. The van der Waals surface area contributed by atoms with Crippen LogP contribution in [0.4, 0.5) is 0 Å². The fourth-order valence-corrected chi connectivity index (χ4v) is 3.39. The van der Waals surface area contributed by atoms with Gasteiger partial charge < -0.3 is 43.2 Å². The molecule has 1 N–H and O–H groups in total. The van der Waals surface area contributed by atoms with E-state index in [1.165, 1.54) is 0 Å². The summed E-state index contributed by atoms with van der Waals surface area (Å²) in [5, 5.41) is 3.40. The molecule has 0 radical (unpaired) electrons. The van der Waals surface area contributed by atoms with Gasteiger partial charge in [-0.1, -0.05) is 13.8 Å². The van der Waals surface area contributed by atoms with E-state index in [1.807, 2.05) is 0 Å². The first-order valence-electron chi connectivity index (χ1n) is 12.0. The molecule has 9 heteroatoms. The Kier molecular flexibility index (Phi) is 19.6. The molecular formula is C23H47NO8. The summed E-state index contributed by atoms with van der Waals surface area (Å²) in [5.74, 6) is 0.517. The number of hydrogen-bond acceptors (Lipinski definition) is 9. The molecule has 192 valence electrons. The molecule has 0 atom stereocenters. The quantitative estimate of drug-likeness (QED) is 0.226. The zero-order valence-electron chi connectivity index (χ0n) is 20.6. The zero-order valence-corrected chi connectivity index (χ0v) is 20.6. The molecule has 0 aromatic carbocycles. The first-order valence-corrected chi connectivity index (χ1v) is 12.0. The van der Waals surface area contributed by atoms with Crippen molar-refractivity contribution < 1.29 is 37.9 Å². The van der Waals surface area contributed by atoms with Crippen LogP contribution >= 0.6 is 0 Å². The van der Waals surface area contributed by atoms with Gasteiger partial charge in [0.1, 0.15) is 0 Å². The lowest BCUT2D eigenvalue weighted by atomic mass is 9.82. The Morgan fingerprint density at radius 2 is 0.906 bits per heavy atom. The van der Waals surface area contributed by atoms with Gasteiger partial charge in [-0.2, -0.15) is 0 Å². The van der Waals surface area contributed by atoms with Crippen LogP contribution in [-0.2, 0) is 37.9 Å². The van der Waals surface area contributed by atoms with E-state index >= 15 is 0 Å². The molecule has 0 saturated carbocycles. The topological polar surface area (TPSA) is 85.9 Å². The van der Waals surface area contributed by atoms with Gasteiger partial charge in [0.25, 0.3) is 0 Å². The molecule has 1 aliphatic rings. The Morgan fingerprint density at radius 1 is 0.562 bits per heavy atom. The molecule has 32 heavy (non-hydrogen) atoms. The first-order chi connectivity index (χ1) is 15.7. The van der Waals surface area contributed by atoms with Crippen molar-refractivity contribution in [3.63, 3.8) is 0 Å². The van der Waals surface area contributed by atoms with E-state index in [4.69, 9.17) is 37.9 Å². The molecule has 0 aliphatic carbocycles. The Bertz CT molecular complexity index is 394. The second kappa shape index (κ2) is 21.2. The van der Waals surface area contributed by atoms with Gasteiger partial charge in [0.15, 0.2) is 0 Å². The van der Waals surface area contributed by atoms with Crippen molar-refractivity contribution in [3.05, 3.63) is 0 Å². The molecule has 9 nitrogen and oxygen atoms in total. The van der Waals surface area contributed by atoms with Crippen LogP contribution in [0.5, 0.6) is 0 Å². The Hall–Kier alpha value is -0.360. The minimum atomic E-state index is -0.00176. The van der Waals surface area contributed by atoms with Crippen LogP contribution in [0, 0.1) is 5.92 Å². The van der Waals surface area contributed by atoms with Crippen LogP contribution in [0.1, 0.15) is 26.7 Å². The van der Waals surface area contributed by atoms with E-state index in [0.29, 0.717) is 98.4 Å². The predicted octanol–water partition coefficient (Wildman–Crippen LogP) is 1.53. The van der Waals surface area contributed by atoms with Crippen molar-refractivity contribution in [3.8, 4) is 0 Å². The molecule has 0 amide bonds. The normalized spacial score (nSPS) is 16.1. The highest BCUT2D eigenvalue weighted by Crippen LogP contribution is 2.31. The summed E-state index contributed by atoms with van der Waals surface area (Å²) in [5.41, 5.74) is -0.00176. The number of piperidine rings is 1. The zero-order chi connectivity index (χ0) is 23.2. The standard InChI is InChI=1S/C23H47NO8/c1-22(2)23(4-6-24-7-5-23)32-21-20-31-19-18-30-17-16-29-15-14-28-13-12-27-11-10-26-9-8-25-3/h22,24H,4-21H2,1-3H3. The van der Waals surface area contributed by atoms with Crippen molar-refractivity contribution in [1.29, 1.82) is 0 Å². The monoisotopic (exact) mass is 465 g/mol. The summed E-state index contributed by atoms with van der Waals surface area (Å²) < 4.78 is 43.8. The molecule has 1 rings (SSSR count). The second-order valence-electron chi connectivity index (χ2n) is 7.98. The highest BCUT2D eigenvalue weighted by Gasteiger charge is 2.35. The van der Waals surface area contributed by atoms with E-state index in [9.17, 15) is 0 Å². The minimum Gasteiger partial charge on any atom is -0.382 e. The maximum Gasteiger partial charge on any atom is 0.0730 e. The van der Waals surface area contributed by atoms with Gasteiger partial charge >= 0.3 is 0 Å². The van der Waals surface area contributed by atoms with Crippen molar-refractivity contribution in [1.82, 2.24) is 5.32 Å². The van der Waals surface area contributed by atoms with E-state index in [1.54, 1.807) is 7.11 Å². The maximum absolute atomic E-state index is 6.21. The highest BCUT2D eigenvalue weighted by atomic mass is 16.6. The summed E-state index contributed by atoms with van der Waals surface area (Å²) in [6.45, 7) is 14.5.